The summed E-state index contributed by atoms with van der Waals surface area (Å²) in [7, 11) is 0. The fourth-order valence-electron chi connectivity index (χ4n) is 1.52. The van der Waals surface area contributed by atoms with Crippen molar-refractivity contribution >= 4 is 5.91 Å². The van der Waals surface area contributed by atoms with Crippen molar-refractivity contribution in [2.75, 3.05) is 6.61 Å². The van der Waals surface area contributed by atoms with Gasteiger partial charge in [0.25, 0.3) is 5.91 Å². The lowest BCUT2D eigenvalue weighted by Gasteiger charge is -2.14. The summed E-state index contributed by atoms with van der Waals surface area (Å²) in [6, 6.07) is 8.51. The van der Waals surface area contributed by atoms with Crippen LogP contribution >= 0.6 is 0 Å². The number of rotatable bonds is 3. The molecule has 1 aliphatic carbocycles. The number of nitriles is 1. The second-order valence-corrected chi connectivity index (χ2v) is 4.09. The summed E-state index contributed by atoms with van der Waals surface area (Å²) in [6.07, 6.45) is 1.63. The molecule has 0 radical (unpaired) electrons. The lowest BCUT2D eigenvalue weighted by molar-refractivity contribution is 0.0907. The molecule has 1 saturated carbocycles. The second kappa shape index (κ2) is 3.95. The molecule has 82 valence electrons. The first-order valence-corrected chi connectivity index (χ1v) is 5.13. The highest BCUT2D eigenvalue weighted by Crippen LogP contribution is 2.34. The average Bonchev–Trinajstić information content (AvgIpc) is 3.09. The highest BCUT2D eigenvalue weighted by molar-refractivity contribution is 5.95. The Balaban J connectivity index is 2.12. The fourth-order valence-corrected chi connectivity index (χ4v) is 1.52. The quantitative estimate of drug-likeness (QED) is 0.785. The van der Waals surface area contributed by atoms with Crippen molar-refractivity contribution in [3.63, 3.8) is 0 Å². The van der Waals surface area contributed by atoms with Crippen LogP contribution in [0, 0.1) is 11.3 Å². The number of carbonyl (C=O) groups is 1. The van der Waals surface area contributed by atoms with E-state index in [1.165, 1.54) is 0 Å². The van der Waals surface area contributed by atoms with E-state index in [9.17, 15) is 4.79 Å². The van der Waals surface area contributed by atoms with Crippen molar-refractivity contribution in [2.24, 2.45) is 0 Å². The summed E-state index contributed by atoms with van der Waals surface area (Å²) in [5.74, 6) is -0.233. The van der Waals surface area contributed by atoms with Crippen LogP contribution in [-0.4, -0.2) is 23.2 Å². The molecule has 1 fully saturated rings. The maximum Gasteiger partial charge on any atom is 0.251 e. The molecule has 4 heteroatoms. The molecule has 0 aliphatic heterocycles. The van der Waals surface area contributed by atoms with Gasteiger partial charge in [-0.3, -0.25) is 4.79 Å². The minimum Gasteiger partial charge on any atom is -0.394 e. The van der Waals surface area contributed by atoms with Crippen LogP contribution < -0.4 is 5.32 Å². The van der Waals surface area contributed by atoms with Gasteiger partial charge in [0.15, 0.2) is 0 Å². The van der Waals surface area contributed by atoms with E-state index in [2.05, 4.69) is 5.32 Å². The van der Waals surface area contributed by atoms with E-state index < -0.39 is 5.54 Å². The van der Waals surface area contributed by atoms with Crippen LogP contribution in [0.3, 0.4) is 0 Å². The van der Waals surface area contributed by atoms with Gasteiger partial charge in [-0.15, -0.1) is 0 Å². The standard InChI is InChI=1S/C12H12N2O2/c13-7-9-2-1-3-10(6-9)11(16)14-12(8-15)4-5-12/h1-3,6,15H,4-5,8H2,(H,14,16). The molecule has 0 unspecified atom stereocenters. The van der Waals surface area contributed by atoms with E-state index in [0.717, 1.165) is 12.8 Å². The number of aliphatic hydroxyl groups is 1. The molecule has 1 aliphatic rings. The fraction of sp³-hybridized carbons (Fsp3) is 0.333. The normalized spacial score (nSPS) is 16.2. The highest BCUT2D eigenvalue weighted by Gasteiger charge is 2.43. The Bertz CT molecular complexity index is 458. The Morgan fingerprint density at radius 2 is 2.31 bits per heavy atom. The number of nitrogens with one attached hydrogen (secondary N) is 1. The van der Waals surface area contributed by atoms with Gasteiger partial charge in [0.1, 0.15) is 0 Å². The Labute approximate surface area is 93.5 Å². The molecule has 2 N–H and O–H groups in total. The van der Waals surface area contributed by atoms with Gasteiger partial charge in [-0.1, -0.05) is 6.07 Å². The molecule has 0 bridgehead atoms. The van der Waals surface area contributed by atoms with Crippen LogP contribution in [0.2, 0.25) is 0 Å². The predicted octanol–water partition coefficient (Wildman–Crippen LogP) is 0.813. The smallest absolute Gasteiger partial charge is 0.251 e. The maximum absolute atomic E-state index is 11.8. The summed E-state index contributed by atoms with van der Waals surface area (Å²) in [6.45, 7) is -0.0311. The zero-order valence-electron chi connectivity index (χ0n) is 8.73. The van der Waals surface area contributed by atoms with Gasteiger partial charge >= 0.3 is 0 Å². The average molecular weight is 216 g/mol. The van der Waals surface area contributed by atoms with Crippen LogP contribution in [0.5, 0.6) is 0 Å². The minimum absolute atomic E-state index is 0.0311. The van der Waals surface area contributed by atoms with Crippen molar-refractivity contribution < 1.29 is 9.90 Å². The monoisotopic (exact) mass is 216 g/mol. The Morgan fingerprint density at radius 1 is 1.56 bits per heavy atom. The number of hydrogen-bond acceptors (Lipinski definition) is 3. The first-order chi connectivity index (χ1) is 7.69. The van der Waals surface area contributed by atoms with Gasteiger partial charge in [0.2, 0.25) is 0 Å². The number of carbonyl (C=O) groups excluding carboxylic acids is 1. The molecule has 0 saturated heterocycles. The summed E-state index contributed by atoms with van der Waals surface area (Å²) < 4.78 is 0. The summed E-state index contributed by atoms with van der Waals surface area (Å²) in [5.41, 5.74) is 0.500. The number of amides is 1. The number of hydrogen-bond donors (Lipinski definition) is 2. The lowest BCUT2D eigenvalue weighted by Crippen LogP contribution is -2.39. The van der Waals surface area contributed by atoms with E-state index in [1.54, 1.807) is 24.3 Å². The topological polar surface area (TPSA) is 73.1 Å². The first-order valence-electron chi connectivity index (χ1n) is 5.13. The first kappa shape index (κ1) is 10.7. The third-order valence-corrected chi connectivity index (χ3v) is 2.79. The van der Waals surface area contributed by atoms with Crippen molar-refractivity contribution in [2.45, 2.75) is 18.4 Å². The Kier molecular flexibility index (Phi) is 2.63. The van der Waals surface area contributed by atoms with Gasteiger partial charge in [-0.25, -0.2) is 0 Å². The molecule has 1 amide bonds. The molecule has 1 aromatic rings. The number of benzene rings is 1. The van der Waals surface area contributed by atoms with E-state index in [-0.39, 0.29) is 12.5 Å². The van der Waals surface area contributed by atoms with Crippen molar-refractivity contribution in [1.82, 2.24) is 5.32 Å². The van der Waals surface area contributed by atoms with Crippen LogP contribution in [-0.2, 0) is 0 Å². The maximum atomic E-state index is 11.8. The highest BCUT2D eigenvalue weighted by atomic mass is 16.3. The summed E-state index contributed by atoms with van der Waals surface area (Å²) >= 11 is 0. The lowest BCUT2D eigenvalue weighted by atomic mass is 10.1. The second-order valence-electron chi connectivity index (χ2n) is 4.09. The molecule has 0 aromatic heterocycles. The predicted molar refractivity (Wildman–Crippen MR) is 57.7 cm³/mol. The number of nitrogens with zero attached hydrogens (tertiary/aromatic N) is 1. The van der Waals surface area contributed by atoms with E-state index in [0.29, 0.717) is 11.1 Å². The van der Waals surface area contributed by atoms with Crippen molar-refractivity contribution in [3.8, 4) is 6.07 Å². The van der Waals surface area contributed by atoms with Crippen molar-refractivity contribution in [3.05, 3.63) is 35.4 Å². The van der Waals surface area contributed by atoms with Gasteiger partial charge in [0.05, 0.1) is 23.8 Å². The number of aliphatic hydroxyl groups excluding tert-OH is 1. The SMILES string of the molecule is N#Cc1cccc(C(=O)NC2(CO)CC2)c1. The van der Waals surface area contributed by atoms with Gasteiger partial charge in [0, 0.05) is 5.56 Å². The van der Waals surface area contributed by atoms with E-state index in [1.807, 2.05) is 6.07 Å². The zero-order valence-corrected chi connectivity index (χ0v) is 8.73. The van der Waals surface area contributed by atoms with Crippen LogP contribution in [0.15, 0.2) is 24.3 Å². The van der Waals surface area contributed by atoms with E-state index >= 15 is 0 Å². The van der Waals surface area contributed by atoms with Gasteiger partial charge in [-0.05, 0) is 31.0 Å². The van der Waals surface area contributed by atoms with Gasteiger partial charge < -0.3 is 10.4 Å². The molecule has 0 spiro atoms. The summed E-state index contributed by atoms with van der Waals surface area (Å²) in [5, 5.41) is 20.6. The largest absolute Gasteiger partial charge is 0.394 e. The minimum atomic E-state index is -0.417. The Hall–Kier alpha value is -1.86. The van der Waals surface area contributed by atoms with Crippen LogP contribution in [0.1, 0.15) is 28.8 Å². The Morgan fingerprint density at radius 3 is 2.88 bits per heavy atom. The molecule has 0 atom stereocenters. The molecule has 2 rings (SSSR count). The van der Waals surface area contributed by atoms with Gasteiger partial charge in [-0.2, -0.15) is 5.26 Å². The molecule has 4 nitrogen and oxygen atoms in total. The molecule has 1 aromatic carbocycles. The third-order valence-electron chi connectivity index (χ3n) is 2.79. The van der Waals surface area contributed by atoms with E-state index in [4.69, 9.17) is 10.4 Å². The summed E-state index contributed by atoms with van der Waals surface area (Å²) in [4.78, 5) is 11.8. The van der Waals surface area contributed by atoms with Crippen molar-refractivity contribution in [1.29, 1.82) is 5.26 Å². The van der Waals surface area contributed by atoms with Crippen LogP contribution in [0.4, 0.5) is 0 Å². The zero-order chi connectivity index (χ0) is 11.6. The van der Waals surface area contributed by atoms with Crippen LogP contribution in [0.25, 0.3) is 0 Å². The molecule has 0 heterocycles. The molecular formula is C12H12N2O2. The molecule has 16 heavy (non-hydrogen) atoms. The molecular weight excluding hydrogens is 204 g/mol. The third kappa shape index (κ3) is 2.05.